The lowest BCUT2D eigenvalue weighted by molar-refractivity contribution is -0.384. The second kappa shape index (κ2) is 6.32. The number of nitro groups is 1. The summed E-state index contributed by atoms with van der Waals surface area (Å²) in [6.45, 7) is 1.93. The molecule has 0 aliphatic heterocycles. The minimum absolute atomic E-state index is 0.0995. The number of aromatic nitrogens is 4. The van der Waals surface area contributed by atoms with Gasteiger partial charge in [-0.2, -0.15) is 10.1 Å². The topological polar surface area (TPSA) is 125 Å². The normalized spacial score (nSPS) is 11.9. The van der Waals surface area contributed by atoms with Gasteiger partial charge in [-0.05, 0) is 30.7 Å². The number of anilines is 2. The number of nitrogens with two attached hydrogens (primary N) is 1. The van der Waals surface area contributed by atoms with E-state index in [0.29, 0.717) is 0 Å². The first kappa shape index (κ1) is 15.4. The molecule has 3 rings (SSSR count). The molecule has 122 valence electrons. The Balaban J connectivity index is 1.74. The van der Waals surface area contributed by atoms with Crippen LogP contribution in [0.1, 0.15) is 18.5 Å². The predicted octanol–water partition coefficient (Wildman–Crippen LogP) is 2.33. The van der Waals surface area contributed by atoms with Crippen molar-refractivity contribution in [3.05, 3.63) is 64.6 Å². The van der Waals surface area contributed by atoms with Crippen molar-refractivity contribution < 1.29 is 4.92 Å². The third-order valence-corrected chi connectivity index (χ3v) is 3.50. The van der Waals surface area contributed by atoms with Crippen LogP contribution in [0.3, 0.4) is 0 Å². The molecule has 0 aliphatic rings. The fourth-order valence-electron chi connectivity index (χ4n) is 2.21. The van der Waals surface area contributed by atoms with Gasteiger partial charge >= 0.3 is 5.69 Å². The molecular formula is C15H15N7O2. The third kappa shape index (κ3) is 3.14. The van der Waals surface area contributed by atoms with Crippen molar-refractivity contribution in [2.24, 2.45) is 0 Å². The molecule has 24 heavy (non-hydrogen) atoms. The Morgan fingerprint density at radius 1 is 1.33 bits per heavy atom. The van der Waals surface area contributed by atoms with Crippen LogP contribution in [-0.4, -0.2) is 24.7 Å². The fraction of sp³-hybridized carbons (Fsp3) is 0.133. The van der Waals surface area contributed by atoms with E-state index in [1.165, 1.54) is 0 Å². The SMILES string of the molecule is C[C@H](Nc1ncc([N+](=O)[O-])c(N)n1)c1ccc(-n2cccn2)cc1. The van der Waals surface area contributed by atoms with Crippen LogP contribution in [0, 0.1) is 10.1 Å². The molecule has 0 aliphatic carbocycles. The van der Waals surface area contributed by atoms with Gasteiger partial charge in [0.2, 0.25) is 11.8 Å². The molecule has 0 fully saturated rings. The van der Waals surface area contributed by atoms with Crippen LogP contribution in [-0.2, 0) is 0 Å². The molecule has 0 saturated carbocycles. The average Bonchev–Trinajstić information content (AvgIpc) is 3.09. The number of hydrogen-bond donors (Lipinski definition) is 2. The summed E-state index contributed by atoms with van der Waals surface area (Å²) in [6.07, 6.45) is 4.68. The van der Waals surface area contributed by atoms with E-state index >= 15 is 0 Å². The minimum atomic E-state index is -0.615. The fourth-order valence-corrected chi connectivity index (χ4v) is 2.21. The maximum absolute atomic E-state index is 10.7. The number of benzene rings is 1. The molecule has 0 radical (unpaired) electrons. The highest BCUT2D eigenvalue weighted by Crippen LogP contribution is 2.22. The minimum Gasteiger partial charge on any atom is -0.378 e. The number of rotatable bonds is 5. The van der Waals surface area contributed by atoms with E-state index < -0.39 is 4.92 Å². The zero-order chi connectivity index (χ0) is 17.1. The van der Waals surface area contributed by atoms with E-state index in [4.69, 9.17) is 5.73 Å². The molecule has 0 unspecified atom stereocenters. The van der Waals surface area contributed by atoms with Gasteiger partial charge in [0.05, 0.1) is 16.7 Å². The number of nitrogen functional groups attached to an aromatic ring is 1. The zero-order valence-electron chi connectivity index (χ0n) is 12.8. The van der Waals surface area contributed by atoms with Crippen LogP contribution in [0.25, 0.3) is 5.69 Å². The summed E-state index contributed by atoms with van der Waals surface area (Å²) in [6, 6.07) is 9.58. The molecular weight excluding hydrogens is 310 g/mol. The molecule has 9 heteroatoms. The highest BCUT2D eigenvalue weighted by Gasteiger charge is 2.15. The Labute approximate surface area is 137 Å². The van der Waals surface area contributed by atoms with Crippen molar-refractivity contribution in [1.29, 1.82) is 0 Å². The summed E-state index contributed by atoms with van der Waals surface area (Å²) in [4.78, 5) is 18.0. The summed E-state index contributed by atoms with van der Waals surface area (Å²) >= 11 is 0. The highest BCUT2D eigenvalue weighted by atomic mass is 16.6. The first-order valence-electron chi connectivity index (χ1n) is 7.18. The third-order valence-electron chi connectivity index (χ3n) is 3.50. The molecule has 0 saturated heterocycles. The van der Waals surface area contributed by atoms with E-state index in [9.17, 15) is 10.1 Å². The molecule has 3 aromatic rings. The van der Waals surface area contributed by atoms with Crippen LogP contribution in [0.2, 0.25) is 0 Å². The second-order valence-corrected chi connectivity index (χ2v) is 5.13. The lowest BCUT2D eigenvalue weighted by atomic mass is 10.1. The van der Waals surface area contributed by atoms with Crippen LogP contribution in [0.4, 0.5) is 17.5 Å². The summed E-state index contributed by atoms with van der Waals surface area (Å²) in [5.74, 6) is 0.0699. The summed E-state index contributed by atoms with van der Waals surface area (Å²) in [7, 11) is 0. The second-order valence-electron chi connectivity index (χ2n) is 5.13. The standard InChI is InChI=1S/C15H15N7O2/c1-10(19-15-17-9-13(22(23)24)14(16)20-15)11-3-5-12(6-4-11)21-8-2-7-18-21/h2-10H,1H3,(H3,16,17,19,20)/t10-/m0/s1. The van der Waals surface area contributed by atoms with Gasteiger partial charge in [0, 0.05) is 12.4 Å². The van der Waals surface area contributed by atoms with Gasteiger partial charge in [-0.3, -0.25) is 10.1 Å². The van der Waals surface area contributed by atoms with Gasteiger partial charge in [-0.1, -0.05) is 12.1 Å². The first-order valence-corrected chi connectivity index (χ1v) is 7.18. The molecule has 2 aromatic heterocycles. The van der Waals surface area contributed by atoms with Crippen molar-refractivity contribution in [1.82, 2.24) is 19.7 Å². The summed E-state index contributed by atoms with van der Waals surface area (Å²) in [5.41, 5.74) is 7.22. The van der Waals surface area contributed by atoms with Gasteiger partial charge in [0.15, 0.2) is 0 Å². The molecule has 0 spiro atoms. The van der Waals surface area contributed by atoms with Gasteiger partial charge in [0.25, 0.3) is 0 Å². The van der Waals surface area contributed by atoms with E-state index in [2.05, 4.69) is 20.4 Å². The van der Waals surface area contributed by atoms with Crippen LogP contribution < -0.4 is 11.1 Å². The highest BCUT2D eigenvalue weighted by molar-refractivity contribution is 5.53. The summed E-state index contributed by atoms with van der Waals surface area (Å²) in [5, 5.41) is 18.0. The number of nitrogens with one attached hydrogen (secondary N) is 1. The van der Waals surface area contributed by atoms with Crippen molar-refractivity contribution in [2.45, 2.75) is 13.0 Å². The van der Waals surface area contributed by atoms with E-state index in [1.807, 2.05) is 43.5 Å². The van der Waals surface area contributed by atoms with E-state index in [1.54, 1.807) is 10.9 Å². The van der Waals surface area contributed by atoms with Crippen molar-refractivity contribution in [2.75, 3.05) is 11.1 Å². The van der Waals surface area contributed by atoms with E-state index in [0.717, 1.165) is 17.4 Å². The first-order chi connectivity index (χ1) is 11.5. The maximum Gasteiger partial charge on any atom is 0.329 e. The van der Waals surface area contributed by atoms with E-state index in [-0.39, 0.29) is 23.5 Å². The maximum atomic E-state index is 10.7. The lowest BCUT2D eigenvalue weighted by Gasteiger charge is -2.14. The molecule has 2 heterocycles. The van der Waals surface area contributed by atoms with Gasteiger partial charge in [-0.25, -0.2) is 9.67 Å². The zero-order valence-corrected chi connectivity index (χ0v) is 12.8. The number of nitrogens with zero attached hydrogens (tertiary/aromatic N) is 5. The van der Waals surface area contributed by atoms with Crippen LogP contribution in [0.5, 0.6) is 0 Å². The Bertz CT molecular complexity index is 847. The lowest BCUT2D eigenvalue weighted by Crippen LogP contribution is -2.11. The van der Waals surface area contributed by atoms with Crippen LogP contribution in [0.15, 0.2) is 48.9 Å². The molecule has 1 atom stereocenters. The van der Waals surface area contributed by atoms with Crippen molar-refractivity contribution in [3.63, 3.8) is 0 Å². The van der Waals surface area contributed by atoms with Gasteiger partial charge in [-0.15, -0.1) is 0 Å². The summed E-state index contributed by atoms with van der Waals surface area (Å²) < 4.78 is 1.77. The van der Waals surface area contributed by atoms with Crippen molar-refractivity contribution in [3.8, 4) is 5.69 Å². The molecule has 9 nitrogen and oxygen atoms in total. The monoisotopic (exact) mass is 325 g/mol. The van der Waals surface area contributed by atoms with Crippen LogP contribution >= 0.6 is 0 Å². The Hall–Kier alpha value is -3.49. The largest absolute Gasteiger partial charge is 0.378 e. The molecule has 1 aromatic carbocycles. The molecule has 0 bridgehead atoms. The molecule has 0 amide bonds. The smallest absolute Gasteiger partial charge is 0.329 e. The van der Waals surface area contributed by atoms with Gasteiger partial charge < -0.3 is 11.1 Å². The van der Waals surface area contributed by atoms with Crippen molar-refractivity contribution >= 4 is 17.5 Å². The Morgan fingerprint density at radius 2 is 2.08 bits per heavy atom. The number of hydrogen-bond acceptors (Lipinski definition) is 7. The van der Waals surface area contributed by atoms with Gasteiger partial charge in [0.1, 0.15) is 6.20 Å². The predicted molar refractivity (Wildman–Crippen MR) is 88.7 cm³/mol. The quantitative estimate of drug-likeness (QED) is 0.544. The Morgan fingerprint density at radius 3 is 2.67 bits per heavy atom. The molecule has 3 N–H and O–H groups in total. The average molecular weight is 325 g/mol. The Kier molecular flexibility index (Phi) is 4.06.